The number of carbonyl (C=O) groups is 2. The first-order valence-electron chi connectivity index (χ1n) is 7.33. The van der Waals surface area contributed by atoms with Crippen LogP contribution in [0, 0.1) is 5.92 Å². The summed E-state index contributed by atoms with van der Waals surface area (Å²) in [7, 11) is 0. The first-order valence-corrected chi connectivity index (χ1v) is 9.35. The van der Waals surface area contributed by atoms with Gasteiger partial charge in [-0.05, 0) is 50.9 Å². The van der Waals surface area contributed by atoms with Gasteiger partial charge in [-0.2, -0.15) is 24.4 Å². The molecule has 1 unspecified atom stereocenters. The molecule has 0 spiro atoms. The minimum atomic E-state index is -0.139. The van der Waals surface area contributed by atoms with Crippen LogP contribution < -0.4 is 0 Å². The van der Waals surface area contributed by atoms with Gasteiger partial charge >= 0.3 is 5.97 Å². The van der Waals surface area contributed by atoms with Crippen molar-refractivity contribution < 1.29 is 14.3 Å². The molecular weight excluding hydrogens is 292 g/mol. The van der Waals surface area contributed by atoms with Gasteiger partial charge in [-0.3, -0.25) is 9.59 Å². The first kappa shape index (κ1) is 19.8. The van der Waals surface area contributed by atoms with Crippen LogP contribution in [-0.4, -0.2) is 35.6 Å². The number of unbranched alkanes of at least 4 members (excludes halogenated alkanes) is 1. The van der Waals surface area contributed by atoms with Gasteiger partial charge in [0.1, 0.15) is 5.78 Å². The third-order valence-electron chi connectivity index (χ3n) is 3.04. The van der Waals surface area contributed by atoms with Crippen molar-refractivity contribution in [2.75, 3.05) is 17.8 Å². The average Bonchev–Trinajstić information content (AvgIpc) is 2.38. The molecule has 0 aliphatic rings. The van der Waals surface area contributed by atoms with Crippen molar-refractivity contribution in [3.8, 4) is 0 Å². The molecule has 0 aromatic heterocycles. The van der Waals surface area contributed by atoms with Crippen LogP contribution in [0.25, 0.3) is 0 Å². The van der Waals surface area contributed by atoms with Crippen molar-refractivity contribution in [3.63, 3.8) is 0 Å². The zero-order valence-corrected chi connectivity index (χ0v) is 14.6. The third kappa shape index (κ3) is 10.6. The number of thiol groups is 1. The molecule has 5 heteroatoms. The van der Waals surface area contributed by atoms with Crippen molar-refractivity contribution in [2.24, 2.45) is 5.92 Å². The van der Waals surface area contributed by atoms with Crippen LogP contribution in [-0.2, 0) is 14.3 Å². The number of hydrogen-bond donors (Lipinski definition) is 1. The molecule has 0 radical (unpaired) electrons. The lowest BCUT2D eigenvalue weighted by Gasteiger charge is -2.14. The van der Waals surface area contributed by atoms with Crippen molar-refractivity contribution in [2.45, 2.75) is 58.5 Å². The van der Waals surface area contributed by atoms with Crippen LogP contribution in [0.1, 0.15) is 52.4 Å². The normalized spacial score (nSPS) is 12.4. The molecule has 1 atom stereocenters. The number of thioether (sulfide) groups is 1. The highest BCUT2D eigenvalue weighted by atomic mass is 32.2. The number of ether oxygens (including phenoxy) is 1. The predicted molar refractivity (Wildman–Crippen MR) is 89.7 cm³/mol. The summed E-state index contributed by atoms with van der Waals surface area (Å²) in [5.74, 6) is 1.95. The summed E-state index contributed by atoms with van der Waals surface area (Å²) in [6, 6.07) is 0. The largest absolute Gasteiger partial charge is 0.463 e. The van der Waals surface area contributed by atoms with Crippen LogP contribution >= 0.6 is 24.4 Å². The molecule has 118 valence electrons. The Morgan fingerprint density at radius 3 is 2.40 bits per heavy atom. The van der Waals surface area contributed by atoms with E-state index >= 15 is 0 Å². The van der Waals surface area contributed by atoms with Gasteiger partial charge in [0.2, 0.25) is 0 Å². The smallest absolute Gasteiger partial charge is 0.306 e. The van der Waals surface area contributed by atoms with E-state index < -0.39 is 0 Å². The topological polar surface area (TPSA) is 43.4 Å². The molecule has 0 N–H and O–H groups in total. The average molecular weight is 321 g/mol. The summed E-state index contributed by atoms with van der Waals surface area (Å²) in [6.07, 6.45) is 6.46. The predicted octanol–water partition coefficient (Wildman–Crippen LogP) is 3.76. The standard InChI is InChI=1S/C15H28O3S2/c1-12(2)18-15(17)7-5-4-6-13(8-10-19)14(16)9-11-20-3/h12-13,19H,4-11H2,1-3H3. The summed E-state index contributed by atoms with van der Waals surface area (Å²) >= 11 is 5.93. The van der Waals surface area contributed by atoms with Crippen molar-refractivity contribution in [1.82, 2.24) is 0 Å². The van der Waals surface area contributed by atoms with Crippen molar-refractivity contribution >= 4 is 36.1 Å². The molecule has 0 bridgehead atoms. The number of hydrogen-bond acceptors (Lipinski definition) is 5. The molecule has 20 heavy (non-hydrogen) atoms. The second-order valence-corrected chi connectivity index (χ2v) is 6.64. The highest BCUT2D eigenvalue weighted by molar-refractivity contribution is 7.98. The van der Waals surface area contributed by atoms with E-state index in [-0.39, 0.29) is 18.0 Å². The fourth-order valence-electron chi connectivity index (χ4n) is 2.01. The lowest BCUT2D eigenvalue weighted by molar-refractivity contribution is -0.147. The number of rotatable bonds is 12. The summed E-state index contributed by atoms with van der Waals surface area (Å²) in [4.78, 5) is 23.4. The minimum absolute atomic E-state index is 0.0486. The summed E-state index contributed by atoms with van der Waals surface area (Å²) in [5.41, 5.74) is 0. The Bertz CT molecular complexity index is 280. The molecule has 0 aromatic rings. The summed E-state index contributed by atoms with van der Waals surface area (Å²) in [6.45, 7) is 3.70. The Morgan fingerprint density at radius 1 is 1.15 bits per heavy atom. The van der Waals surface area contributed by atoms with Crippen molar-refractivity contribution in [1.29, 1.82) is 0 Å². The number of carbonyl (C=O) groups excluding carboxylic acids is 2. The van der Waals surface area contributed by atoms with Crippen LogP contribution in [0.2, 0.25) is 0 Å². The lowest BCUT2D eigenvalue weighted by atomic mass is 9.93. The molecule has 0 amide bonds. The van der Waals surface area contributed by atoms with Gasteiger partial charge < -0.3 is 4.74 Å². The second kappa shape index (κ2) is 12.6. The summed E-state index contributed by atoms with van der Waals surface area (Å²) in [5, 5.41) is 0. The molecule has 0 heterocycles. The lowest BCUT2D eigenvalue weighted by Crippen LogP contribution is -2.16. The number of ketones is 1. The minimum Gasteiger partial charge on any atom is -0.463 e. The van der Waals surface area contributed by atoms with E-state index in [0.29, 0.717) is 18.6 Å². The first-order chi connectivity index (χ1) is 9.51. The molecule has 0 aromatic carbocycles. The number of Topliss-reactive ketones (excluding diaryl/α,β-unsaturated/α-hetero) is 1. The fraction of sp³-hybridized carbons (Fsp3) is 0.867. The molecule has 3 nitrogen and oxygen atoms in total. The Morgan fingerprint density at radius 2 is 1.85 bits per heavy atom. The maximum atomic E-state index is 12.0. The highest BCUT2D eigenvalue weighted by Gasteiger charge is 2.17. The zero-order valence-electron chi connectivity index (χ0n) is 12.9. The monoisotopic (exact) mass is 320 g/mol. The van der Waals surface area contributed by atoms with E-state index in [1.807, 2.05) is 20.1 Å². The van der Waals surface area contributed by atoms with Gasteiger partial charge in [-0.15, -0.1) is 0 Å². The van der Waals surface area contributed by atoms with E-state index in [4.69, 9.17) is 4.74 Å². The molecule has 0 saturated carbocycles. The third-order valence-corrected chi connectivity index (χ3v) is 3.91. The maximum Gasteiger partial charge on any atom is 0.306 e. The maximum absolute atomic E-state index is 12.0. The molecule has 0 fully saturated rings. The van der Waals surface area contributed by atoms with E-state index in [1.54, 1.807) is 11.8 Å². The Labute approximate surface area is 133 Å². The van der Waals surface area contributed by atoms with E-state index in [1.165, 1.54) is 0 Å². The zero-order chi connectivity index (χ0) is 15.4. The van der Waals surface area contributed by atoms with E-state index in [9.17, 15) is 9.59 Å². The Kier molecular flexibility index (Phi) is 12.5. The van der Waals surface area contributed by atoms with E-state index in [0.717, 1.165) is 37.2 Å². The van der Waals surface area contributed by atoms with Gasteiger partial charge in [-0.1, -0.05) is 6.42 Å². The van der Waals surface area contributed by atoms with Crippen LogP contribution in [0.4, 0.5) is 0 Å². The quantitative estimate of drug-likeness (QED) is 0.338. The molecule has 0 saturated heterocycles. The summed E-state index contributed by atoms with van der Waals surface area (Å²) < 4.78 is 5.08. The van der Waals surface area contributed by atoms with Crippen LogP contribution in [0.5, 0.6) is 0 Å². The van der Waals surface area contributed by atoms with Crippen LogP contribution in [0.3, 0.4) is 0 Å². The SMILES string of the molecule is CSCCC(=O)C(CCS)CCCCC(=O)OC(C)C. The number of esters is 1. The van der Waals surface area contributed by atoms with Gasteiger partial charge in [0, 0.05) is 18.8 Å². The van der Waals surface area contributed by atoms with Gasteiger partial charge in [0.25, 0.3) is 0 Å². The van der Waals surface area contributed by atoms with E-state index in [2.05, 4.69) is 12.6 Å². The molecular formula is C15H28O3S2. The Hall–Kier alpha value is -0.160. The van der Waals surface area contributed by atoms with Gasteiger partial charge in [0.05, 0.1) is 6.10 Å². The van der Waals surface area contributed by atoms with Crippen LogP contribution in [0.15, 0.2) is 0 Å². The Balaban J connectivity index is 3.91. The molecule has 0 aliphatic carbocycles. The van der Waals surface area contributed by atoms with Crippen molar-refractivity contribution in [3.05, 3.63) is 0 Å². The highest BCUT2D eigenvalue weighted by Crippen LogP contribution is 2.18. The molecule has 0 rings (SSSR count). The fourth-order valence-corrected chi connectivity index (χ4v) is 2.73. The van der Waals surface area contributed by atoms with Gasteiger partial charge in [-0.25, -0.2) is 0 Å². The van der Waals surface area contributed by atoms with Gasteiger partial charge in [0.15, 0.2) is 0 Å². The second-order valence-electron chi connectivity index (χ2n) is 5.20. The molecule has 0 aliphatic heterocycles.